The fourth-order valence-electron chi connectivity index (χ4n) is 2.46. The molecule has 102 valence electrons. The summed E-state index contributed by atoms with van der Waals surface area (Å²) in [4.78, 5) is 23.2. The number of rotatable bonds is 3. The Morgan fingerprint density at radius 1 is 1.26 bits per heavy atom. The molecule has 1 aromatic carbocycles. The molecule has 2 amide bonds. The molecular weight excluding hydrogens is 242 g/mol. The molecule has 19 heavy (non-hydrogen) atoms. The highest BCUT2D eigenvalue weighted by molar-refractivity contribution is 5.96. The van der Waals surface area contributed by atoms with Crippen LogP contribution in [0.1, 0.15) is 36.0 Å². The molecule has 5 N–H and O–H groups in total. The molecule has 0 aromatic heterocycles. The van der Waals surface area contributed by atoms with Crippen LogP contribution in [-0.2, 0) is 4.79 Å². The topological polar surface area (TPSA) is 98.2 Å². The largest absolute Gasteiger partial charge is 0.366 e. The van der Waals surface area contributed by atoms with Crippen molar-refractivity contribution in [2.45, 2.75) is 31.7 Å². The van der Waals surface area contributed by atoms with E-state index < -0.39 is 5.91 Å². The molecule has 1 aromatic rings. The number of carbonyl (C=O) groups excluding carboxylic acids is 2. The predicted molar refractivity (Wildman–Crippen MR) is 73.5 cm³/mol. The van der Waals surface area contributed by atoms with Gasteiger partial charge in [-0.2, -0.15) is 0 Å². The Bertz CT molecular complexity index is 487. The number of hydrogen-bond donors (Lipinski definition) is 3. The molecule has 1 fully saturated rings. The van der Waals surface area contributed by atoms with Crippen LogP contribution in [0.25, 0.3) is 0 Å². The maximum atomic E-state index is 12.1. The normalized spacial score (nSPS) is 22.8. The summed E-state index contributed by atoms with van der Waals surface area (Å²) in [5.41, 5.74) is 12.1. The van der Waals surface area contributed by atoms with Gasteiger partial charge >= 0.3 is 0 Å². The van der Waals surface area contributed by atoms with Crippen molar-refractivity contribution in [3.8, 4) is 0 Å². The van der Waals surface area contributed by atoms with Crippen molar-refractivity contribution in [2.75, 3.05) is 5.32 Å². The van der Waals surface area contributed by atoms with E-state index in [-0.39, 0.29) is 17.9 Å². The van der Waals surface area contributed by atoms with Gasteiger partial charge in [0.25, 0.3) is 0 Å². The summed E-state index contributed by atoms with van der Waals surface area (Å²) in [6, 6.07) is 6.76. The third kappa shape index (κ3) is 3.54. The standard InChI is InChI=1S/C14H19N3O2/c15-11-5-1-4-10(7-11)14(19)17-12-6-2-3-9(8-12)13(16)18/h2-3,6,8,10-11H,1,4-5,7,15H2,(H2,16,18)(H,17,19). The summed E-state index contributed by atoms with van der Waals surface area (Å²) < 4.78 is 0. The van der Waals surface area contributed by atoms with Gasteiger partial charge in [0.1, 0.15) is 0 Å². The van der Waals surface area contributed by atoms with Gasteiger partial charge in [0.15, 0.2) is 0 Å². The van der Waals surface area contributed by atoms with Crippen LogP contribution in [0.3, 0.4) is 0 Å². The van der Waals surface area contributed by atoms with Gasteiger partial charge in [0, 0.05) is 23.2 Å². The average Bonchev–Trinajstić information content (AvgIpc) is 2.39. The highest BCUT2D eigenvalue weighted by atomic mass is 16.2. The second-order valence-corrected chi connectivity index (χ2v) is 5.06. The van der Waals surface area contributed by atoms with Crippen LogP contribution >= 0.6 is 0 Å². The highest BCUT2D eigenvalue weighted by Gasteiger charge is 2.25. The third-order valence-corrected chi connectivity index (χ3v) is 3.50. The molecule has 1 saturated carbocycles. The Morgan fingerprint density at radius 3 is 2.74 bits per heavy atom. The monoisotopic (exact) mass is 261 g/mol. The quantitative estimate of drug-likeness (QED) is 0.763. The first-order valence-corrected chi connectivity index (χ1v) is 6.52. The van der Waals surface area contributed by atoms with Gasteiger partial charge in [-0.25, -0.2) is 0 Å². The van der Waals surface area contributed by atoms with Gasteiger partial charge in [0.05, 0.1) is 0 Å². The van der Waals surface area contributed by atoms with E-state index in [1.54, 1.807) is 24.3 Å². The van der Waals surface area contributed by atoms with Crippen LogP contribution < -0.4 is 16.8 Å². The van der Waals surface area contributed by atoms with Crippen LogP contribution in [0.2, 0.25) is 0 Å². The zero-order valence-electron chi connectivity index (χ0n) is 10.8. The lowest BCUT2D eigenvalue weighted by Gasteiger charge is -2.25. The van der Waals surface area contributed by atoms with E-state index in [4.69, 9.17) is 11.5 Å². The molecule has 2 rings (SSSR count). The molecule has 0 radical (unpaired) electrons. The molecule has 5 heteroatoms. The molecule has 2 atom stereocenters. The minimum atomic E-state index is -0.504. The fraction of sp³-hybridized carbons (Fsp3) is 0.429. The lowest BCUT2D eigenvalue weighted by atomic mass is 9.85. The lowest BCUT2D eigenvalue weighted by molar-refractivity contribution is -0.120. The minimum Gasteiger partial charge on any atom is -0.366 e. The van der Waals surface area contributed by atoms with E-state index in [1.165, 1.54) is 0 Å². The van der Waals surface area contributed by atoms with Crippen LogP contribution in [0.5, 0.6) is 0 Å². The van der Waals surface area contributed by atoms with E-state index in [2.05, 4.69) is 5.32 Å². The first-order valence-electron chi connectivity index (χ1n) is 6.52. The molecule has 0 bridgehead atoms. The molecule has 1 aliphatic rings. The third-order valence-electron chi connectivity index (χ3n) is 3.50. The summed E-state index contributed by atoms with van der Waals surface area (Å²) in [5.74, 6) is -0.575. The summed E-state index contributed by atoms with van der Waals surface area (Å²) in [6.45, 7) is 0. The van der Waals surface area contributed by atoms with Crippen molar-refractivity contribution < 1.29 is 9.59 Å². The molecule has 1 aliphatic carbocycles. The smallest absolute Gasteiger partial charge is 0.248 e. The van der Waals surface area contributed by atoms with Gasteiger partial charge in [-0.1, -0.05) is 12.5 Å². The van der Waals surface area contributed by atoms with Crippen molar-refractivity contribution >= 4 is 17.5 Å². The van der Waals surface area contributed by atoms with Crippen molar-refractivity contribution in [1.29, 1.82) is 0 Å². The summed E-state index contributed by atoms with van der Waals surface area (Å²) in [7, 11) is 0. The van der Waals surface area contributed by atoms with Gasteiger partial charge < -0.3 is 16.8 Å². The second-order valence-electron chi connectivity index (χ2n) is 5.06. The van der Waals surface area contributed by atoms with E-state index in [1.807, 2.05) is 0 Å². The maximum absolute atomic E-state index is 12.1. The Morgan fingerprint density at radius 2 is 2.05 bits per heavy atom. The van der Waals surface area contributed by atoms with Crippen LogP contribution in [0, 0.1) is 5.92 Å². The van der Waals surface area contributed by atoms with Gasteiger partial charge in [-0.3, -0.25) is 9.59 Å². The summed E-state index contributed by atoms with van der Waals surface area (Å²) in [6.07, 6.45) is 3.57. The molecule has 0 aliphatic heterocycles. The predicted octanol–water partition coefficient (Wildman–Crippen LogP) is 1.24. The van der Waals surface area contributed by atoms with Gasteiger partial charge in [-0.15, -0.1) is 0 Å². The summed E-state index contributed by atoms with van der Waals surface area (Å²) in [5, 5.41) is 2.83. The SMILES string of the molecule is NC(=O)c1cccc(NC(=O)C2CCCC(N)C2)c1. The first kappa shape index (κ1) is 13.5. The van der Waals surface area contributed by atoms with Crippen LogP contribution in [-0.4, -0.2) is 17.9 Å². The molecule has 5 nitrogen and oxygen atoms in total. The number of nitrogens with two attached hydrogens (primary N) is 2. The second kappa shape index (κ2) is 5.84. The van der Waals surface area contributed by atoms with E-state index in [0.717, 1.165) is 25.7 Å². The molecule has 0 saturated heterocycles. The Hall–Kier alpha value is -1.88. The number of hydrogen-bond acceptors (Lipinski definition) is 3. The average molecular weight is 261 g/mol. The van der Waals surface area contributed by atoms with Crippen LogP contribution in [0.15, 0.2) is 24.3 Å². The van der Waals surface area contributed by atoms with Crippen molar-refractivity contribution in [2.24, 2.45) is 17.4 Å². The Balaban J connectivity index is 2.02. The summed E-state index contributed by atoms with van der Waals surface area (Å²) >= 11 is 0. The highest BCUT2D eigenvalue weighted by Crippen LogP contribution is 2.24. The molecular formula is C14H19N3O2. The number of nitrogens with one attached hydrogen (secondary N) is 1. The fourth-order valence-corrected chi connectivity index (χ4v) is 2.46. The maximum Gasteiger partial charge on any atom is 0.248 e. The zero-order valence-corrected chi connectivity index (χ0v) is 10.8. The minimum absolute atomic E-state index is 0.0308. The van der Waals surface area contributed by atoms with Crippen molar-refractivity contribution in [3.63, 3.8) is 0 Å². The first-order chi connectivity index (χ1) is 9.06. The lowest BCUT2D eigenvalue weighted by Crippen LogP contribution is -2.34. The Labute approximate surface area is 112 Å². The van der Waals surface area contributed by atoms with Crippen molar-refractivity contribution in [1.82, 2.24) is 0 Å². The number of carbonyl (C=O) groups is 2. The van der Waals surface area contributed by atoms with E-state index >= 15 is 0 Å². The molecule has 0 heterocycles. The van der Waals surface area contributed by atoms with Gasteiger partial charge in [0.2, 0.25) is 11.8 Å². The zero-order chi connectivity index (χ0) is 13.8. The molecule has 0 spiro atoms. The van der Waals surface area contributed by atoms with Crippen LogP contribution in [0.4, 0.5) is 5.69 Å². The number of anilines is 1. The number of amides is 2. The molecule has 2 unspecified atom stereocenters. The number of primary amides is 1. The van der Waals surface area contributed by atoms with E-state index in [9.17, 15) is 9.59 Å². The van der Waals surface area contributed by atoms with E-state index in [0.29, 0.717) is 11.3 Å². The van der Waals surface area contributed by atoms with Gasteiger partial charge in [-0.05, 0) is 37.5 Å². The number of benzene rings is 1. The van der Waals surface area contributed by atoms with Crippen molar-refractivity contribution in [3.05, 3.63) is 29.8 Å². The Kier molecular flexibility index (Phi) is 4.16.